The lowest BCUT2D eigenvalue weighted by molar-refractivity contribution is -0.140. The number of carboxylic acid groups (broad SMARTS) is 1. The highest BCUT2D eigenvalue weighted by molar-refractivity contribution is 8.18. The van der Waals surface area contributed by atoms with E-state index in [2.05, 4.69) is 5.32 Å². The van der Waals surface area contributed by atoms with E-state index in [-0.39, 0.29) is 28.0 Å². The van der Waals surface area contributed by atoms with E-state index in [1.807, 2.05) is 19.1 Å². The molecule has 1 heterocycles. The molecule has 0 atom stereocenters. The second-order valence-corrected chi connectivity index (χ2v) is 8.30. The summed E-state index contributed by atoms with van der Waals surface area (Å²) in [7, 11) is 1.38. The Bertz CT molecular complexity index is 1150. The SMILES string of the molecule is COc1cc(/C=C2\SC(=O)N(CC(=O)O)C2=O)cc(Cl)c1OCC(=O)Nc1ccc(C)cc1. The number of rotatable bonds is 8. The van der Waals surface area contributed by atoms with Crippen molar-refractivity contribution in [2.45, 2.75) is 6.92 Å². The highest BCUT2D eigenvalue weighted by atomic mass is 35.5. The minimum atomic E-state index is -1.30. The summed E-state index contributed by atoms with van der Waals surface area (Å²) in [5.74, 6) is -2.06. The lowest BCUT2D eigenvalue weighted by Gasteiger charge is -2.13. The zero-order valence-electron chi connectivity index (χ0n) is 17.6. The number of nitrogens with zero attached hydrogens (tertiary/aromatic N) is 1. The number of anilines is 1. The number of carboxylic acids is 1. The predicted molar refractivity (Wildman–Crippen MR) is 124 cm³/mol. The van der Waals surface area contributed by atoms with Crippen LogP contribution >= 0.6 is 23.4 Å². The molecule has 0 radical (unpaired) electrons. The molecule has 1 saturated heterocycles. The Labute approximate surface area is 198 Å². The predicted octanol–water partition coefficient (Wildman–Crippen LogP) is 3.80. The number of carbonyl (C=O) groups excluding carboxylic acids is 3. The van der Waals surface area contributed by atoms with Gasteiger partial charge >= 0.3 is 5.97 Å². The van der Waals surface area contributed by atoms with Crippen LogP contribution in [0.1, 0.15) is 11.1 Å². The minimum absolute atomic E-state index is 0.0468. The zero-order valence-corrected chi connectivity index (χ0v) is 19.2. The van der Waals surface area contributed by atoms with Crippen molar-refractivity contribution in [3.63, 3.8) is 0 Å². The summed E-state index contributed by atoms with van der Waals surface area (Å²) in [6.07, 6.45) is 1.40. The van der Waals surface area contributed by atoms with Crippen LogP contribution in [0.4, 0.5) is 10.5 Å². The summed E-state index contributed by atoms with van der Waals surface area (Å²) >= 11 is 6.93. The Hall–Kier alpha value is -3.50. The van der Waals surface area contributed by atoms with Crippen LogP contribution in [0.25, 0.3) is 6.08 Å². The summed E-state index contributed by atoms with van der Waals surface area (Å²) in [4.78, 5) is 48.0. The molecule has 0 aromatic heterocycles. The Kier molecular flexibility index (Phi) is 7.62. The monoisotopic (exact) mass is 490 g/mol. The molecule has 3 rings (SSSR count). The second kappa shape index (κ2) is 10.4. The Morgan fingerprint density at radius 2 is 1.91 bits per heavy atom. The normalized spacial score (nSPS) is 14.5. The lowest BCUT2D eigenvalue weighted by atomic mass is 10.1. The van der Waals surface area contributed by atoms with Gasteiger partial charge in [-0.1, -0.05) is 29.3 Å². The quantitative estimate of drug-likeness (QED) is 0.536. The van der Waals surface area contributed by atoms with Gasteiger partial charge in [-0.25, -0.2) is 0 Å². The van der Waals surface area contributed by atoms with E-state index < -0.39 is 29.6 Å². The number of amides is 3. The smallest absolute Gasteiger partial charge is 0.323 e. The van der Waals surface area contributed by atoms with Gasteiger partial charge in [-0.05, 0) is 54.6 Å². The van der Waals surface area contributed by atoms with Crippen molar-refractivity contribution in [2.24, 2.45) is 0 Å². The van der Waals surface area contributed by atoms with E-state index in [4.69, 9.17) is 26.2 Å². The summed E-state index contributed by atoms with van der Waals surface area (Å²) < 4.78 is 10.9. The third kappa shape index (κ3) is 6.05. The first kappa shape index (κ1) is 24.1. The maximum Gasteiger partial charge on any atom is 0.323 e. The average molecular weight is 491 g/mol. The molecule has 2 aromatic rings. The molecular formula is C22H19ClN2O7S. The summed E-state index contributed by atoms with van der Waals surface area (Å²) in [6.45, 7) is 0.898. The van der Waals surface area contributed by atoms with Gasteiger partial charge < -0.3 is 19.9 Å². The van der Waals surface area contributed by atoms with Crippen LogP contribution in [0.5, 0.6) is 11.5 Å². The van der Waals surface area contributed by atoms with Crippen LogP contribution < -0.4 is 14.8 Å². The number of ether oxygens (including phenoxy) is 2. The fourth-order valence-electron chi connectivity index (χ4n) is 2.86. The molecule has 1 fully saturated rings. The van der Waals surface area contributed by atoms with E-state index in [1.54, 1.807) is 12.1 Å². The molecule has 172 valence electrons. The van der Waals surface area contributed by atoms with Crippen molar-refractivity contribution in [1.82, 2.24) is 4.90 Å². The van der Waals surface area contributed by atoms with Gasteiger partial charge in [0.1, 0.15) is 6.54 Å². The van der Waals surface area contributed by atoms with Gasteiger partial charge in [-0.2, -0.15) is 0 Å². The van der Waals surface area contributed by atoms with E-state index in [1.165, 1.54) is 25.3 Å². The van der Waals surface area contributed by atoms with Gasteiger partial charge in [0, 0.05) is 5.69 Å². The molecule has 0 spiro atoms. The summed E-state index contributed by atoms with van der Waals surface area (Å²) in [5, 5.41) is 11.0. The topological polar surface area (TPSA) is 122 Å². The number of benzene rings is 2. The highest BCUT2D eigenvalue weighted by Gasteiger charge is 2.36. The molecule has 1 aliphatic rings. The molecule has 0 aliphatic carbocycles. The molecule has 0 unspecified atom stereocenters. The minimum Gasteiger partial charge on any atom is -0.493 e. The lowest BCUT2D eigenvalue weighted by Crippen LogP contribution is -2.33. The maximum absolute atomic E-state index is 12.3. The third-order valence-electron chi connectivity index (χ3n) is 4.40. The maximum atomic E-state index is 12.3. The van der Waals surface area contributed by atoms with Gasteiger partial charge in [-0.3, -0.25) is 24.1 Å². The molecule has 2 N–H and O–H groups in total. The first-order chi connectivity index (χ1) is 15.7. The number of halogens is 1. The van der Waals surface area contributed by atoms with Crippen LogP contribution in [0.15, 0.2) is 41.3 Å². The number of imide groups is 1. The number of hydrogen-bond donors (Lipinski definition) is 2. The first-order valence-electron chi connectivity index (χ1n) is 9.52. The highest BCUT2D eigenvalue weighted by Crippen LogP contribution is 2.39. The zero-order chi connectivity index (χ0) is 24.1. The van der Waals surface area contributed by atoms with Crippen molar-refractivity contribution < 1.29 is 33.8 Å². The molecule has 2 aromatic carbocycles. The molecule has 11 heteroatoms. The number of nitrogens with one attached hydrogen (secondary N) is 1. The Morgan fingerprint density at radius 3 is 2.55 bits per heavy atom. The van der Waals surface area contributed by atoms with E-state index >= 15 is 0 Å². The number of hydrogen-bond acceptors (Lipinski definition) is 7. The van der Waals surface area contributed by atoms with Gasteiger partial charge in [0.25, 0.3) is 17.1 Å². The summed E-state index contributed by atoms with van der Waals surface area (Å²) in [6, 6.07) is 10.3. The fraction of sp³-hybridized carbons (Fsp3) is 0.182. The van der Waals surface area contributed by atoms with Crippen LogP contribution in [0, 0.1) is 6.92 Å². The van der Waals surface area contributed by atoms with Crippen molar-refractivity contribution in [2.75, 3.05) is 25.6 Å². The van der Waals surface area contributed by atoms with Crippen LogP contribution in [0.2, 0.25) is 5.02 Å². The third-order valence-corrected chi connectivity index (χ3v) is 5.59. The number of aliphatic carboxylic acids is 1. The molecule has 0 saturated carbocycles. The van der Waals surface area contributed by atoms with Crippen molar-refractivity contribution in [3.05, 3.63) is 57.5 Å². The standard InChI is InChI=1S/C22H19ClN2O7S/c1-12-3-5-14(6-4-12)24-18(26)11-32-20-15(23)7-13(8-16(20)31-2)9-17-21(29)25(10-19(27)28)22(30)33-17/h3-9H,10-11H2,1-2H3,(H,24,26)(H,27,28)/b17-9-. The van der Waals surface area contributed by atoms with Crippen LogP contribution in [-0.4, -0.2) is 53.3 Å². The number of methoxy groups -OCH3 is 1. The first-order valence-corrected chi connectivity index (χ1v) is 10.7. The molecule has 0 bridgehead atoms. The number of aryl methyl sites for hydroxylation is 1. The van der Waals surface area contributed by atoms with E-state index in [9.17, 15) is 19.2 Å². The molecular weight excluding hydrogens is 472 g/mol. The van der Waals surface area contributed by atoms with Crippen LogP contribution in [-0.2, 0) is 14.4 Å². The fourth-order valence-corrected chi connectivity index (χ4v) is 3.97. The van der Waals surface area contributed by atoms with Gasteiger partial charge in [0.05, 0.1) is 17.0 Å². The molecule has 33 heavy (non-hydrogen) atoms. The van der Waals surface area contributed by atoms with Gasteiger partial charge in [0.15, 0.2) is 18.1 Å². The van der Waals surface area contributed by atoms with E-state index in [0.29, 0.717) is 27.9 Å². The average Bonchev–Trinajstić information content (AvgIpc) is 3.01. The van der Waals surface area contributed by atoms with Crippen molar-refractivity contribution in [3.8, 4) is 11.5 Å². The van der Waals surface area contributed by atoms with E-state index in [0.717, 1.165) is 5.56 Å². The Morgan fingerprint density at radius 1 is 1.21 bits per heavy atom. The largest absolute Gasteiger partial charge is 0.493 e. The van der Waals surface area contributed by atoms with Gasteiger partial charge in [-0.15, -0.1) is 0 Å². The molecule has 3 amide bonds. The second-order valence-electron chi connectivity index (χ2n) is 6.90. The number of thioether (sulfide) groups is 1. The summed E-state index contributed by atoms with van der Waals surface area (Å²) in [5.41, 5.74) is 2.11. The van der Waals surface area contributed by atoms with Crippen LogP contribution in [0.3, 0.4) is 0 Å². The van der Waals surface area contributed by atoms with Crippen molar-refractivity contribution in [1.29, 1.82) is 0 Å². The molecule has 1 aliphatic heterocycles. The van der Waals surface area contributed by atoms with Crippen molar-refractivity contribution >= 4 is 58.1 Å². The number of carbonyl (C=O) groups is 4. The Balaban J connectivity index is 1.73. The molecule has 9 nitrogen and oxygen atoms in total. The van der Waals surface area contributed by atoms with Gasteiger partial charge in [0.2, 0.25) is 0 Å².